The van der Waals surface area contributed by atoms with Crippen LogP contribution in [-0.4, -0.2) is 0 Å². The Balaban J connectivity index is 2.76. The second-order valence-electron chi connectivity index (χ2n) is 3.06. The van der Waals surface area contributed by atoms with E-state index in [0.717, 1.165) is 0 Å². The summed E-state index contributed by atoms with van der Waals surface area (Å²) in [5, 5.41) is -0.122. The van der Waals surface area contributed by atoms with Crippen molar-refractivity contribution < 1.29 is 12.3 Å². The van der Waals surface area contributed by atoms with Gasteiger partial charge < -0.3 is 0 Å². The monoisotopic (exact) mass is 209 g/mol. The van der Waals surface area contributed by atoms with E-state index in [-0.39, 0.29) is 39.5 Å². The van der Waals surface area contributed by atoms with Gasteiger partial charge in [0.2, 0.25) is 0 Å². The summed E-state index contributed by atoms with van der Waals surface area (Å²) in [6, 6.07) is -1.78. The Kier molecular flexibility index (Phi) is 0.708. The molecule has 0 bridgehead atoms. The van der Waals surface area contributed by atoms with E-state index in [0.29, 0.717) is 11.8 Å². The fraction of sp³-hybridized carbons (Fsp3) is 0.231. The standard InChI is InChI=1S/C13H12S/c1-9-5-10-3-2-4-11-7-14-8-12(6-9)13(10)11/h2-6H,7-8H2,1H3/i2D,3D,4D,5D,6D,7D2,8D2. The van der Waals surface area contributed by atoms with Gasteiger partial charge in [0.05, 0.1) is 6.85 Å². The molecule has 14 heavy (non-hydrogen) atoms. The number of benzene rings is 2. The molecule has 0 spiro atoms. The maximum Gasteiger partial charge on any atom is 0.0632 e. The van der Waals surface area contributed by atoms with Crippen LogP contribution < -0.4 is 0 Å². The minimum absolute atomic E-state index is 0.0578. The third kappa shape index (κ3) is 1.16. The molecule has 0 radical (unpaired) electrons. The predicted molar refractivity (Wildman–Crippen MR) is 63.7 cm³/mol. The van der Waals surface area contributed by atoms with E-state index >= 15 is 0 Å². The van der Waals surface area contributed by atoms with Gasteiger partial charge in [-0.15, -0.1) is 0 Å². The molecule has 0 aliphatic carbocycles. The minimum atomic E-state index is -2.29. The fourth-order valence-corrected chi connectivity index (χ4v) is 2.06. The number of hydrogen-bond donors (Lipinski definition) is 0. The highest BCUT2D eigenvalue weighted by Crippen LogP contribution is 2.34. The summed E-state index contributed by atoms with van der Waals surface area (Å²) in [7, 11) is 0. The van der Waals surface area contributed by atoms with Gasteiger partial charge in [0.1, 0.15) is 0 Å². The van der Waals surface area contributed by atoms with Crippen LogP contribution in [0.2, 0.25) is 0 Å². The van der Waals surface area contributed by atoms with Crippen LogP contribution in [-0.2, 0) is 11.4 Å². The zero-order valence-corrected chi connectivity index (χ0v) is 8.22. The molecule has 0 fully saturated rings. The van der Waals surface area contributed by atoms with Gasteiger partial charge >= 0.3 is 0 Å². The molecular formula is C13H12S. The highest BCUT2D eigenvalue weighted by molar-refractivity contribution is 7.97. The third-order valence-electron chi connectivity index (χ3n) is 2.06. The van der Waals surface area contributed by atoms with Crippen LogP contribution in [0.5, 0.6) is 0 Å². The van der Waals surface area contributed by atoms with E-state index in [9.17, 15) is 0 Å². The fourth-order valence-electron chi connectivity index (χ4n) is 1.50. The average molecular weight is 209 g/mol. The first-order chi connectivity index (χ1) is 10.4. The Bertz CT molecular complexity index is 806. The molecule has 3 rings (SSSR count). The van der Waals surface area contributed by atoms with Gasteiger partial charge in [0, 0.05) is 16.9 Å². The topological polar surface area (TPSA) is 0 Å². The van der Waals surface area contributed by atoms with E-state index < -0.39 is 29.5 Å². The Morgan fingerprint density at radius 1 is 1.29 bits per heavy atom. The van der Waals surface area contributed by atoms with E-state index in [1.807, 2.05) is 0 Å². The first-order valence-electron chi connectivity index (χ1n) is 8.66. The largest absolute Gasteiger partial charge is 0.152 e. The van der Waals surface area contributed by atoms with Gasteiger partial charge in [0.25, 0.3) is 0 Å². The van der Waals surface area contributed by atoms with Crippen LogP contribution in [0.15, 0.2) is 30.2 Å². The summed E-state index contributed by atoms with van der Waals surface area (Å²) < 4.78 is 72.8. The van der Waals surface area contributed by atoms with Crippen molar-refractivity contribution >= 4 is 22.5 Å². The summed E-state index contributed by atoms with van der Waals surface area (Å²) >= 11 is 0.340. The Labute approximate surface area is 101 Å². The first kappa shape index (κ1) is 3.28. The maximum atomic E-state index is 8.16. The highest BCUT2D eigenvalue weighted by atomic mass is 32.2. The van der Waals surface area contributed by atoms with Crippen molar-refractivity contribution in [3.8, 4) is 0 Å². The van der Waals surface area contributed by atoms with Crippen LogP contribution in [0.1, 0.15) is 29.0 Å². The van der Waals surface area contributed by atoms with E-state index in [4.69, 9.17) is 12.3 Å². The highest BCUT2D eigenvalue weighted by Gasteiger charge is 2.12. The molecule has 0 saturated heterocycles. The van der Waals surface area contributed by atoms with Gasteiger partial charge in [-0.3, -0.25) is 0 Å². The summed E-state index contributed by atoms with van der Waals surface area (Å²) in [6.07, 6.45) is 0. The lowest BCUT2D eigenvalue weighted by Gasteiger charge is -2.17. The predicted octanol–water partition coefficient (Wildman–Crippen LogP) is 3.90. The Morgan fingerprint density at radius 3 is 3.07 bits per heavy atom. The summed E-state index contributed by atoms with van der Waals surface area (Å²) in [6.45, 7) is 1.47. The van der Waals surface area contributed by atoms with Crippen molar-refractivity contribution in [1.82, 2.24) is 0 Å². The quantitative estimate of drug-likeness (QED) is 0.634. The van der Waals surface area contributed by atoms with Gasteiger partial charge in [-0.25, -0.2) is 0 Å². The van der Waals surface area contributed by atoms with Crippen molar-refractivity contribution in [1.29, 1.82) is 0 Å². The normalized spacial score (nSPS) is 31.1. The van der Waals surface area contributed by atoms with Crippen LogP contribution in [0, 0.1) is 6.92 Å². The number of rotatable bonds is 0. The van der Waals surface area contributed by atoms with Crippen LogP contribution in [0.4, 0.5) is 0 Å². The average Bonchev–Trinajstić information content (AvgIpc) is 2.39. The molecule has 0 aromatic heterocycles. The van der Waals surface area contributed by atoms with Crippen molar-refractivity contribution in [2.75, 3.05) is 0 Å². The molecule has 0 N–H and O–H groups in total. The molecule has 0 atom stereocenters. The molecule has 0 amide bonds. The van der Waals surface area contributed by atoms with Crippen LogP contribution >= 0.6 is 11.8 Å². The second-order valence-corrected chi connectivity index (χ2v) is 3.67. The molecule has 1 heteroatoms. The molecule has 1 heterocycles. The first-order valence-corrected chi connectivity index (χ1v) is 4.97. The SMILES string of the molecule is [2H]c1c([2H])c2c3c(c([2H])c(C)c([2H])c3c1[2H])C([2H])([2H])SC2([2H])[2H]. The molecule has 2 aromatic rings. The van der Waals surface area contributed by atoms with Crippen molar-refractivity contribution in [3.63, 3.8) is 0 Å². The van der Waals surface area contributed by atoms with Crippen LogP contribution in [0.3, 0.4) is 0 Å². The van der Waals surface area contributed by atoms with E-state index in [1.54, 1.807) is 0 Å². The smallest absolute Gasteiger partial charge is 0.0632 e. The lowest BCUT2D eigenvalue weighted by Crippen LogP contribution is -1.96. The summed E-state index contributed by atoms with van der Waals surface area (Å²) in [4.78, 5) is 0. The van der Waals surface area contributed by atoms with Crippen molar-refractivity contribution in [2.24, 2.45) is 0 Å². The van der Waals surface area contributed by atoms with E-state index in [1.165, 1.54) is 6.92 Å². The lowest BCUT2D eigenvalue weighted by atomic mass is 9.98. The number of thioether (sulfide) groups is 1. The lowest BCUT2D eigenvalue weighted by molar-refractivity contribution is 1.32. The molecule has 1 aliphatic heterocycles. The zero-order chi connectivity index (χ0) is 17.5. The van der Waals surface area contributed by atoms with E-state index in [2.05, 4.69) is 0 Å². The number of hydrogen-bond acceptors (Lipinski definition) is 1. The molecule has 2 aromatic carbocycles. The van der Waals surface area contributed by atoms with Gasteiger partial charge in [-0.05, 0) is 28.8 Å². The summed E-state index contributed by atoms with van der Waals surface area (Å²) in [5.41, 5.74) is -4.67. The Hall–Kier alpha value is -0.950. The zero-order valence-electron chi connectivity index (χ0n) is 16.4. The molecule has 0 nitrogen and oxygen atoms in total. The summed E-state index contributed by atoms with van der Waals surface area (Å²) in [5.74, 6) is 0. The second kappa shape index (κ2) is 3.03. The molecule has 70 valence electrons. The Morgan fingerprint density at radius 2 is 2.14 bits per heavy atom. The van der Waals surface area contributed by atoms with Crippen molar-refractivity contribution in [2.45, 2.75) is 18.3 Å². The third-order valence-corrected chi connectivity index (χ3v) is 2.67. The maximum absolute atomic E-state index is 8.16. The minimum Gasteiger partial charge on any atom is -0.152 e. The molecule has 0 saturated carbocycles. The van der Waals surface area contributed by atoms with Crippen LogP contribution in [0.25, 0.3) is 10.8 Å². The van der Waals surface area contributed by atoms with Gasteiger partial charge in [-0.1, -0.05) is 35.8 Å². The van der Waals surface area contributed by atoms with Gasteiger partial charge in [-0.2, -0.15) is 11.8 Å². The molecule has 0 unspecified atom stereocenters. The molecule has 1 aliphatic rings. The molecular weight excluding hydrogens is 188 g/mol. The van der Waals surface area contributed by atoms with Gasteiger partial charge in [0.15, 0.2) is 0 Å². The van der Waals surface area contributed by atoms with Crippen molar-refractivity contribution in [3.05, 3.63) is 46.9 Å².